The second-order valence-electron chi connectivity index (χ2n) is 6.61. The van der Waals surface area contributed by atoms with Crippen LogP contribution in [0, 0.1) is 0 Å². The zero-order valence-electron chi connectivity index (χ0n) is 12.4. The second kappa shape index (κ2) is 7.78. The Morgan fingerprint density at radius 1 is 0.550 bits per heavy atom. The lowest BCUT2D eigenvalue weighted by molar-refractivity contribution is -0.314. The van der Waals surface area contributed by atoms with Gasteiger partial charge in [0.25, 0.3) is 0 Å². The van der Waals surface area contributed by atoms with Crippen LogP contribution >= 0.6 is 0 Å². The van der Waals surface area contributed by atoms with Crippen LogP contribution in [-0.4, -0.2) is 19.3 Å². The molecular formula is C15H27BO4. The van der Waals surface area contributed by atoms with Crippen LogP contribution in [0.4, 0.5) is 0 Å². The Balaban J connectivity index is 1.44. The van der Waals surface area contributed by atoms with E-state index in [4.69, 9.17) is 19.4 Å². The van der Waals surface area contributed by atoms with Gasteiger partial charge in [0.1, 0.15) is 0 Å². The lowest BCUT2D eigenvalue weighted by atomic mass is 9.71. The Labute approximate surface area is 122 Å². The van der Waals surface area contributed by atoms with Crippen LogP contribution in [0.15, 0.2) is 0 Å². The Kier molecular flexibility index (Phi) is 5.77. The van der Waals surface area contributed by atoms with Crippen molar-refractivity contribution in [3.8, 4) is 0 Å². The Bertz CT molecular complexity index is 251. The van der Waals surface area contributed by atoms with Gasteiger partial charge in [-0.2, -0.15) is 0 Å². The summed E-state index contributed by atoms with van der Waals surface area (Å²) in [6.07, 6.45) is 14.8. The molecule has 0 unspecified atom stereocenters. The average molecular weight is 282 g/mol. The fraction of sp³-hybridized carbons (Fsp3) is 1.00. The molecule has 0 N–H and O–H groups in total. The summed E-state index contributed by atoms with van der Waals surface area (Å²) in [5, 5.41) is 0. The third-order valence-corrected chi connectivity index (χ3v) is 4.96. The van der Waals surface area contributed by atoms with Crippen molar-refractivity contribution in [2.45, 2.75) is 95.1 Å². The SMILES string of the molecule is C1CCC(OOB(OOC2CCCC2)C2CCCC2)C1. The number of rotatable bonds is 7. The Morgan fingerprint density at radius 2 is 0.950 bits per heavy atom. The minimum Gasteiger partial charge on any atom is -0.261 e. The summed E-state index contributed by atoms with van der Waals surface area (Å²) < 4.78 is 0. The molecule has 0 saturated heterocycles. The lowest BCUT2D eigenvalue weighted by Crippen LogP contribution is -2.31. The molecule has 20 heavy (non-hydrogen) atoms. The summed E-state index contributed by atoms with van der Waals surface area (Å²) in [6, 6.07) is 0. The molecule has 5 heteroatoms. The lowest BCUT2D eigenvalue weighted by Gasteiger charge is -2.21. The van der Waals surface area contributed by atoms with E-state index in [9.17, 15) is 0 Å². The van der Waals surface area contributed by atoms with Gasteiger partial charge in [0.05, 0.1) is 12.2 Å². The highest BCUT2D eigenvalue weighted by molar-refractivity contribution is 6.45. The zero-order chi connectivity index (χ0) is 13.6. The molecule has 0 amide bonds. The fourth-order valence-corrected chi connectivity index (χ4v) is 3.64. The monoisotopic (exact) mass is 282 g/mol. The van der Waals surface area contributed by atoms with Crippen LogP contribution in [-0.2, 0) is 19.4 Å². The Morgan fingerprint density at radius 3 is 1.40 bits per heavy atom. The van der Waals surface area contributed by atoms with E-state index >= 15 is 0 Å². The van der Waals surface area contributed by atoms with Gasteiger partial charge in [0, 0.05) is 0 Å². The van der Waals surface area contributed by atoms with Gasteiger partial charge < -0.3 is 0 Å². The summed E-state index contributed by atoms with van der Waals surface area (Å²) in [4.78, 5) is 22.4. The predicted molar refractivity (Wildman–Crippen MR) is 76.8 cm³/mol. The topological polar surface area (TPSA) is 36.9 Å². The molecule has 0 aliphatic heterocycles. The maximum Gasteiger partial charge on any atom is 0.524 e. The molecule has 0 radical (unpaired) electrons. The van der Waals surface area contributed by atoms with Gasteiger partial charge in [0.15, 0.2) is 0 Å². The van der Waals surface area contributed by atoms with Gasteiger partial charge in [0.2, 0.25) is 0 Å². The van der Waals surface area contributed by atoms with Gasteiger partial charge >= 0.3 is 7.12 Å². The van der Waals surface area contributed by atoms with E-state index in [2.05, 4.69) is 0 Å². The normalized spacial score (nSPS) is 25.8. The molecule has 0 aromatic heterocycles. The maximum absolute atomic E-state index is 5.62. The summed E-state index contributed by atoms with van der Waals surface area (Å²) in [5.41, 5.74) is 0. The molecule has 0 spiro atoms. The molecular weight excluding hydrogens is 255 g/mol. The number of hydrogen-bond donors (Lipinski definition) is 0. The first-order valence-electron chi connectivity index (χ1n) is 8.56. The van der Waals surface area contributed by atoms with Crippen molar-refractivity contribution >= 4 is 7.12 Å². The summed E-state index contributed by atoms with van der Waals surface area (Å²) >= 11 is 0. The molecule has 0 aromatic carbocycles. The molecule has 3 aliphatic carbocycles. The van der Waals surface area contributed by atoms with Gasteiger partial charge in [-0.1, -0.05) is 51.4 Å². The predicted octanol–water partition coefficient (Wildman–Crippen LogP) is 4.20. The van der Waals surface area contributed by atoms with Gasteiger partial charge in [-0.25, -0.2) is 9.78 Å². The maximum atomic E-state index is 5.62. The van der Waals surface area contributed by atoms with Gasteiger partial charge in [-0.05, 0) is 31.5 Å². The first-order valence-corrected chi connectivity index (χ1v) is 8.56. The van der Waals surface area contributed by atoms with E-state index < -0.39 is 0 Å². The van der Waals surface area contributed by atoms with Gasteiger partial charge in [-0.3, -0.25) is 9.61 Å². The van der Waals surface area contributed by atoms with Crippen molar-refractivity contribution < 1.29 is 19.4 Å². The zero-order valence-corrected chi connectivity index (χ0v) is 12.4. The van der Waals surface area contributed by atoms with E-state index in [1.54, 1.807) is 0 Å². The van der Waals surface area contributed by atoms with E-state index in [1.165, 1.54) is 38.5 Å². The molecule has 0 aromatic rings. The van der Waals surface area contributed by atoms with Crippen LogP contribution in [0.2, 0.25) is 5.82 Å². The van der Waals surface area contributed by atoms with Crippen molar-refractivity contribution in [3.63, 3.8) is 0 Å². The molecule has 3 aliphatic rings. The quantitative estimate of drug-likeness (QED) is 0.398. The highest BCUT2D eigenvalue weighted by Gasteiger charge is 2.37. The molecule has 4 nitrogen and oxygen atoms in total. The average Bonchev–Trinajstić information content (AvgIpc) is 3.22. The van der Waals surface area contributed by atoms with E-state index in [0.717, 1.165) is 38.5 Å². The minimum absolute atomic E-state index is 0.258. The third kappa shape index (κ3) is 4.20. The van der Waals surface area contributed by atoms with Crippen LogP contribution in [0.5, 0.6) is 0 Å². The van der Waals surface area contributed by atoms with E-state index in [1.807, 2.05) is 0 Å². The largest absolute Gasteiger partial charge is 0.524 e. The first kappa shape index (κ1) is 14.8. The smallest absolute Gasteiger partial charge is 0.261 e. The Hall–Kier alpha value is -0.0951. The van der Waals surface area contributed by atoms with Crippen LogP contribution in [0.25, 0.3) is 0 Å². The van der Waals surface area contributed by atoms with Crippen molar-refractivity contribution in [3.05, 3.63) is 0 Å². The third-order valence-electron chi connectivity index (χ3n) is 4.96. The molecule has 0 atom stereocenters. The summed E-state index contributed by atoms with van der Waals surface area (Å²) in [6.45, 7) is 0. The molecule has 3 rings (SSSR count). The van der Waals surface area contributed by atoms with Crippen LogP contribution in [0.1, 0.15) is 77.0 Å². The first-order chi connectivity index (χ1) is 9.92. The highest BCUT2D eigenvalue weighted by atomic mass is 17.3. The van der Waals surface area contributed by atoms with Crippen LogP contribution < -0.4 is 0 Å². The molecule has 0 bridgehead atoms. The standard InChI is InChI=1S/C15H27BO4/c1-2-8-13(7-1)16(19-17-14-9-3-4-10-14)20-18-15-11-5-6-12-15/h13-15H,1-12H2. The highest BCUT2D eigenvalue weighted by Crippen LogP contribution is 2.35. The molecule has 3 saturated carbocycles. The summed E-state index contributed by atoms with van der Waals surface area (Å²) in [5.74, 6) is 0.429. The van der Waals surface area contributed by atoms with Crippen molar-refractivity contribution in [1.82, 2.24) is 0 Å². The van der Waals surface area contributed by atoms with Crippen molar-refractivity contribution in [2.24, 2.45) is 0 Å². The van der Waals surface area contributed by atoms with Crippen molar-refractivity contribution in [1.29, 1.82) is 0 Å². The van der Waals surface area contributed by atoms with Gasteiger partial charge in [-0.15, -0.1) is 0 Å². The van der Waals surface area contributed by atoms with E-state index in [-0.39, 0.29) is 19.3 Å². The van der Waals surface area contributed by atoms with Crippen molar-refractivity contribution in [2.75, 3.05) is 0 Å². The molecule has 0 heterocycles. The molecule has 3 fully saturated rings. The fourth-order valence-electron chi connectivity index (χ4n) is 3.64. The summed E-state index contributed by atoms with van der Waals surface area (Å²) in [7, 11) is -0.335. The minimum atomic E-state index is -0.335. The van der Waals surface area contributed by atoms with Crippen LogP contribution in [0.3, 0.4) is 0 Å². The second-order valence-corrected chi connectivity index (χ2v) is 6.61. The number of hydrogen-bond acceptors (Lipinski definition) is 4. The molecule has 114 valence electrons. The van der Waals surface area contributed by atoms with E-state index in [0.29, 0.717) is 5.82 Å².